The van der Waals surface area contributed by atoms with E-state index in [2.05, 4.69) is 5.25 Å². The molecule has 0 amide bonds. The Morgan fingerprint density at radius 1 is 0.531 bits per heavy atom. The van der Waals surface area contributed by atoms with Crippen LogP contribution in [0.3, 0.4) is 0 Å². The van der Waals surface area contributed by atoms with Gasteiger partial charge >= 0.3 is 0 Å². The number of benzene rings is 4. The first-order chi connectivity index (χ1) is 15.4. The van der Waals surface area contributed by atoms with Crippen LogP contribution >= 0.6 is 14.7 Å². The standard InChI is InChI=1S/C26H25NO3P2/c1-21-13-17-23(18-14-21)31(28,24-19-15-22(2)16-20-24)27-30-32(29,25-9-5-3-6-10-25)26-11-7-4-8-12-26/h3-20H,1-2H3,(H,27,28). The molecule has 0 spiro atoms. The third-order valence-electron chi connectivity index (χ3n) is 5.29. The van der Waals surface area contributed by atoms with Gasteiger partial charge in [0.05, 0.1) is 0 Å². The van der Waals surface area contributed by atoms with Crippen LogP contribution in [0.1, 0.15) is 11.1 Å². The highest BCUT2D eigenvalue weighted by Gasteiger charge is 2.35. The SMILES string of the molecule is Cc1ccc(P(=O)(NOP(=O)(c2ccccc2)c2ccccc2)c2ccc(C)cc2)cc1. The van der Waals surface area contributed by atoms with Crippen LogP contribution in [-0.4, -0.2) is 0 Å². The zero-order valence-electron chi connectivity index (χ0n) is 18.0. The van der Waals surface area contributed by atoms with Crippen molar-refractivity contribution >= 4 is 35.9 Å². The maximum absolute atomic E-state index is 14.4. The van der Waals surface area contributed by atoms with E-state index < -0.39 is 14.7 Å². The zero-order valence-corrected chi connectivity index (χ0v) is 19.8. The van der Waals surface area contributed by atoms with Crippen LogP contribution < -0.4 is 26.5 Å². The number of rotatable bonds is 7. The Morgan fingerprint density at radius 3 is 1.28 bits per heavy atom. The maximum Gasteiger partial charge on any atom is 0.277 e. The lowest BCUT2D eigenvalue weighted by atomic mass is 10.2. The number of aryl methyl sites for hydroxylation is 2. The molecule has 0 saturated heterocycles. The molecule has 0 aliphatic rings. The van der Waals surface area contributed by atoms with E-state index in [4.69, 9.17) is 4.62 Å². The first-order valence-electron chi connectivity index (χ1n) is 10.3. The Hall–Kier alpha value is -2.74. The van der Waals surface area contributed by atoms with E-state index in [9.17, 15) is 9.13 Å². The number of hydrogen-bond acceptors (Lipinski definition) is 3. The van der Waals surface area contributed by atoms with Gasteiger partial charge in [0, 0.05) is 21.2 Å². The summed E-state index contributed by atoms with van der Waals surface area (Å²) in [4.78, 5) is 0. The topological polar surface area (TPSA) is 55.4 Å². The fraction of sp³-hybridized carbons (Fsp3) is 0.0769. The van der Waals surface area contributed by atoms with Gasteiger partial charge in [-0.2, -0.15) is 0 Å². The normalized spacial score (nSPS) is 11.9. The maximum atomic E-state index is 14.4. The van der Waals surface area contributed by atoms with Gasteiger partial charge in [-0.25, -0.2) is 4.62 Å². The van der Waals surface area contributed by atoms with E-state index in [-0.39, 0.29) is 0 Å². The second kappa shape index (κ2) is 9.40. The predicted molar refractivity (Wildman–Crippen MR) is 133 cm³/mol. The van der Waals surface area contributed by atoms with E-state index in [1.54, 1.807) is 24.3 Å². The summed E-state index contributed by atoms with van der Waals surface area (Å²) >= 11 is 0. The Kier molecular flexibility index (Phi) is 6.60. The summed E-state index contributed by atoms with van der Waals surface area (Å²) in [5, 5.41) is 5.02. The average molecular weight is 461 g/mol. The summed E-state index contributed by atoms with van der Waals surface area (Å²) in [6.45, 7) is 3.95. The van der Waals surface area contributed by atoms with Crippen molar-refractivity contribution in [3.63, 3.8) is 0 Å². The number of hydrogen-bond donors (Lipinski definition) is 1. The molecule has 0 aliphatic carbocycles. The van der Waals surface area contributed by atoms with Gasteiger partial charge in [0.2, 0.25) is 7.29 Å². The molecule has 0 aromatic heterocycles. The van der Waals surface area contributed by atoms with Crippen molar-refractivity contribution in [2.24, 2.45) is 0 Å². The Morgan fingerprint density at radius 2 is 0.906 bits per heavy atom. The minimum absolute atomic E-state index is 0.526. The van der Waals surface area contributed by atoms with Crippen molar-refractivity contribution in [3.8, 4) is 0 Å². The van der Waals surface area contributed by atoms with E-state index >= 15 is 0 Å². The molecular weight excluding hydrogens is 436 g/mol. The molecule has 6 heteroatoms. The summed E-state index contributed by atoms with van der Waals surface area (Å²) in [5.74, 6) is 0. The van der Waals surface area contributed by atoms with Gasteiger partial charge in [-0.15, -0.1) is 5.25 Å². The van der Waals surface area contributed by atoms with Crippen LogP contribution in [-0.2, 0) is 13.8 Å². The van der Waals surface area contributed by atoms with Crippen LogP contribution in [0.25, 0.3) is 0 Å². The molecule has 1 N–H and O–H groups in total. The van der Waals surface area contributed by atoms with Crippen LogP contribution in [0.2, 0.25) is 0 Å². The molecule has 0 unspecified atom stereocenters. The molecule has 4 aromatic rings. The van der Waals surface area contributed by atoms with Crippen LogP contribution in [0.5, 0.6) is 0 Å². The summed E-state index contributed by atoms with van der Waals surface area (Å²) in [7, 11) is -7.01. The fourth-order valence-corrected chi connectivity index (χ4v) is 7.59. The predicted octanol–water partition coefficient (Wildman–Crippen LogP) is 4.98. The molecule has 4 rings (SSSR count). The Labute approximate surface area is 189 Å². The Bertz CT molecular complexity index is 1180. The molecular formula is C26H25NO3P2. The van der Waals surface area contributed by atoms with E-state index in [1.807, 2.05) is 98.8 Å². The second-order valence-electron chi connectivity index (χ2n) is 7.69. The summed E-state index contributed by atoms with van der Waals surface area (Å²) in [5.41, 5.74) is 2.12. The van der Waals surface area contributed by atoms with Crippen LogP contribution in [0, 0.1) is 13.8 Å². The van der Waals surface area contributed by atoms with Crippen LogP contribution in [0.15, 0.2) is 109 Å². The highest BCUT2D eigenvalue weighted by atomic mass is 31.2. The lowest BCUT2D eigenvalue weighted by Crippen LogP contribution is -2.30. The van der Waals surface area contributed by atoms with Gasteiger partial charge in [0.1, 0.15) is 0 Å². The minimum atomic E-state index is -3.56. The number of nitrogens with one attached hydrogen (secondary N) is 1. The third kappa shape index (κ3) is 4.55. The van der Waals surface area contributed by atoms with E-state index in [1.165, 1.54) is 0 Å². The molecule has 0 heterocycles. The lowest BCUT2D eigenvalue weighted by molar-refractivity contribution is 0.282. The van der Waals surface area contributed by atoms with Crippen molar-refractivity contribution in [2.45, 2.75) is 13.8 Å². The second-order valence-corrected chi connectivity index (χ2v) is 12.4. The zero-order chi connectivity index (χ0) is 22.6. The molecule has 0 atom stereocenters. The molecule has 4 nitrogen and oxygen atoms in total. The highest BCUT2D eigenvalue weighted by molar-refractivity contribution is 7.78. The molecule has 0 aliphatic heterocycles. The van der Waals surface area contributed by atoms with Gasteiger partial charge in [0.25, 0.3) is 7.37 Å². The molecule has 4 aromatic carbocycles. The summed E-state index contributed by atoms with van der Waals surface area (Å²) in [6.07, 6.45) is 0. The average Bonchev–Trinajstić information content (AvgIpc) is 2.84. The summed E-state index contributed by atoms with van der Waals surface area (Å²) < 4.78 is 34.6. The smallest absolute Gasteiger partial charge is 0.277 e. The first kappa shape index (κ1) is 22.5. The van der Waals surface area contributed by atoms with Crippen LogP contribution in [0.4, 0.5) is 0 Å². The monoisotopic (exact) mass is 461 g/mol. The lowest BCUT2D eigenvalue weighted by Gasteiger charge is -2.25. The minimum Gasteiger partial charge on any atom is -0.294 e. The largest absolute Gasteiger partial charge is 0.294 e. The van der Waals surface area contributed by atoms with Gasteiger partial charge in [-0.05, 0) is 62.4 Å². The van der Waals surface area contributed by atoms with E-state index in [0.717, 1.165) is 11.1 Å². The van der Waals surface area contributed by atoms with Gasteiger partial charge in [0.15, 0.2) is 0 Å². The van der Waals surface area contributed by atoms with Crippen molar-refractivity contribution in [2.75, 3.05) is 0 Å². The van der Waals surface area contributed by atoms with Gasteiger partial charge in [-0.1, -0.05) is 71.8 Å². The molecule has 0 bridgehead atoms. The quantitative estimate of drug-likeness (QED) is 0.312. The summed E-state index contributed by atoms with van der Waals surface area (Å²) in [6, 6.07) is 32.9. The molecule has 0 fully saturated rings. The van der Waals surface area contributed by atoms with Crippen molar-refractivity contribution < 1.29 is 13.8 Å². The molecule has 32 heavy (non-hydrogen) atoms. The van der Waals surface area contributed by atoms with Crippen molar-refractivity contribution in [1.29, 1.82) is 0 Å². The third-order valence-corrected chi connectivity index (χ3v) is 10.1. The van der Waals surface area contributed by atoms with Crippen molar-refractivity contribution in [3.05, 3.63) is 120 Å². The van der Waals surface area contributed by atoms with Crippen molar-refractivity contribution in [1.82, 2.24) is 5.25 Å². The molecule has 0 saturated carbocycles. The first-order valence-corrected chi connectivity index (χ1v) is 13.7. The molecule has 162 valence electrons. The fourth-order valence-electron chi connectivity index (χ4n) is 3.38. The highest BCUT2D eigenvalue weighted by Crippen LogP contribution is 2.48. The Balaban J connectivity index is 1.79. The van der Waals surface area contributed by atoms with Gasteiger partial charge < -0.3 is 0 Å². The van der Waals surface area contributed by atoms with Gasteiger partial charge in [-0.3, -0.25) is 9.13 Å². The van der Waals surface area contributed by atoms with E-state index in [0.29, 0.717) is 21.2 Å². The molecule has 0 radical (unpaired) electrons.